The normalized spacial score (nSPS) is 24.6. The van der Waals surface area contributed by atoms with Crippen LogP contribution in [0.25, 0.3) is 0 Å². The fourth-order valence-electron chi connectivity index (χ4n) is 7.50. The molecule has 0 aromatic heterocycles. The maximum absolute atomic E-state index is 13.9. The molecule has 206 valence electrons. The zero-order valence-electron chi connectivity index (χ0n) is 25.0. The highest BCUT2D eigenvalue weighted by molar-refractivity contribution is 5.63. The van der Waals surface area contributed by atoms with Crippen molar-refractivity contribution >= 4 is 5.69 Å². The fourth-order valence-corrected chi connectivity index (χ4v) is 7.50. The van der Waals surface area contributed by atoms with Gasteiger partial charge >= 0.3 is 0 Å². The maximum Gasteiger partial charge on any atom is 0.294 e. The Morgan fingerprint density at radius 3 is 1.75 bits per heavy atom. The smallest absolute Gasteiger partial charge is 0.294 e. The van der Waals surface area contributed by atoms with Gasteiger partial charge in [-0.1, -0.05) is 26.7 Å². The van der Waals surface area contributed by atoms with Crippen LogP contribution < -0.4 is 30.9 Å². The number of rotatable bonds is 9. The van der Waals surface area contributed by atoms with E-state index >= 15 is 0 Å². The van der Waals surface area contributed by atoms with Gasteiger partial charge < -0.3 is 20.6 Å². The highest BCUT2D eigenvalue weighted by atomic mass is 16.3. The summed E-state index contributed by atoms with van der Waals surface area (Å²) in [5, 5.41) is 19.7. The van der Waals surface area contributed by atoms with Gasteiger partial charge in [-0.05, 0) is 74.7 Å². The Labute approximate surface area is 220 Å². The van der Waals surface area contributed by atoms with Crippen LogP contribution in [0.4, 0.5) is 5.69 Å². The van der Waals surface area contributed by atoms with Crippen LogP contribution in [0, 0.1) is 0 Å². The molecule has 6 nitrogen and oxygen atoms in total. The topological polar surface area (TPSA) is 67.6 Å². The average Bonchev–Trinajstić information content (AvgIpc) is 2.69. The van der Waals surface area contributed by atoms with Crippen molar-refractivity contribution < 1.29 is 5.11 Å². The van der Waals surface area contributed by atoms with Gasteiger partial charge in [0.15, 0.2) is 6.04 Å². The van der Waals surface area contributed by atoms with E-state index in [9.17, 15) is 9.90 Å². The SMILES string of the molecule is CCCCN(c1c(O)c(=[N+](CCCC)C2CC(C)(C)NC(C)(C)C2)c1=O)C1CC(C)(C)NC(C)(C)C1. The van der Waals surface area contributed by atoms with E-state index in [0.29, 0.717) is 11.0 Å². The first-order valence-electron chi connectivity index (χ1n) is 14.5. The molecule has 2 fully saturated rings. The third-order valence-corrected chi connectivity index (χ3v) is 8.18. The third-order valence-electron chi connectivity index (χ3n) is 8.18. The number of nitrogens with one attached hydrogen (secondary N) is 2. The average molecular weight is 504 g/mol. The molecule has 6 heteroatoms. The van der Waals surface area contributed by atoms with Gasteiger partial charge in [0.25, 0.3) is 10.8 Å². The largest absolute Gasteiger partial charge is 0.501 e. The lowest BCUT2D eigenvalue weighted by molar-refractivity contribution is 0.132. The van der Waals surface area contributed by atoms with E-state index in [1.807, 2.05) is 0 Å². The van der Waals surface area contributed by atoms with Crippen molar-refractivity contribution in [2.75, 3.05) is 18.0 Å². The highest BCUT2D eigenvalue weighted by Gasteiger charge is 2.46. The number of aromatic hydroxyl groups is 1. The minimum Gasteiger partial charge on any atom is -0.501 e. The van der Waals surface area contributed by atoms with Crippen LogP contribution in [0.1, 0.15) is 121 Å². The lowest BCUT2D eigenvalue weighted by Gasteiger charge is -2.50. The van der Waals surface area contributed by atoms with E-state index in [2.05, 4.69) is 89.3 Å². The van der Waals surface area contributed by atoms with Crippen LogP contribution in [-0.2, 0) is 0 Å². The molecule has 3 rings (SSSR count). The summed E-state index contributed by atoms with van der Waals surface area (Å²) in [6.45, 7) is 24.0. The van der Waals surface area contributed by atoms with Crippen molar-refractivity contribution in [3.63, 3.8) is 0 Å². The Hall–Kier alpha value is -1.40. The molecule has 0 spiro atoms. The molecule has 0 bridgehead atoms. The minimum atomic E-state index is -0.0220. The number of nitrogens with zero attached hydrogens (tertiary/aromatic N) is 2. The van der Waals surface area contributed by atoms with E-state index in [1.165, 1.54) is 0 Å². The number of anilines is 1. The van der Waals surface area contributed by atoms with Crippen LogP contribution in [0.2, 0.25) is 0 Å². The second-order valence-electron chi connectivity index (χ2n) is 14.4. The van der Waals surface area contributed by atoms with Gasteiger partial charge in [-0.3, -0.25) is 4.79 Å². The summed E-state index contributed by atoms with van der Waals surface area (Å²) in [5.41, 5.74) is 0.517. The molecule has 0 saturated carbocycles. The van der Waals surface area contributed by atoms with Crippen LogP contribution in [0.15, 0.2) is 4.79 Å². The summed E-state index contributed by atoms with van der Waals surface area (Å²) < 4.78 is 2.27. The number of hydrogen-bond donors (Lipinski definition) is 3. The van der Waals surface area contributed by atoms with Crippen LogP contribution >= 0.6 is 0 Å². The monoisotopic (exact) mass is 503 g/mol. The number of unbranched alkanes of at least 4 members (excludes halogenated alkanes) is 2. The molecular weight excluding hydrogens is 448 g/mol. The predicted molar refractivity (Wildman–Crippen MR) is 153 cm³/mol. The van der Waals surface area contributed by atoms with Crippen LogP contribution in [0.5, 0.6) is 5.75 Å². The molecule has 3 N–H and O–H groups in total. The molecule has 1 aromatic rings. The molecule has 0 unspecified atom stereocenters. The molecule has 36 heavy (non-hydrogen) atoms. The quantitative estimate of drug-likeness (QED) is 0.435. The second kappa shape index (κ2) is 10.4. The molecule has 0 radical (unpaired) electrons. The van der Waals surface area contributed by atoms with Crippen molar-refractivity contribution in [3.8, 4) is 5.75 Å². The fraction of sp³-hybridized carbons (Fsp3) is 0.867. The molecule has 2 heterocycles. The van der Waals surface area contributed by atoms with E-state index in [4.69, 9.17) is 0 Å². The van der Waals surface area contributed by atoms with E-state index in [1.54, 1.807) is 0 Å². The highest BCUT2D eigenvalue weighted by Crippen LogP contribution is 2.36. The minimum absolute atomic E-state index is 0.0220. The Balaban J connectivity index is 2.08. The van der Waals surface area contributed by atoms with Crippen molar-refractivity contribution in [2.45, 2.75) is 155 Å². The molecular formula is C30H55N4O2+. The summed E-state index contributed by atoms with van der Waals surface area (Å²) >= 11 is 0. The van der Waals surface area contributed by atoms with Crippen LogP contribution in [-0.4, -0.2) is 52.4 Å². The summed E-state index contributed by atoms with van der Waals surface area (Å²) in [6, 6.07) is 0.456. The Kier molecular flexibility index (Phi) is 8.42. The zero-order chi connectivity index (χ0) is 27.1. The van der Waals surface area contributed by atoms with Gasteiger partial charge in [-0.2, -0.15) is 0 Å². The van der Waals surface area contributed by atoms with Gasteiger partial charge in [-0.25, -0.2) is 4.58 Å². The third kappa shape index (κ3) is 6.53. The summed E-state index contributed by atoms with van der Waals surface area (Å²) in [6.07, 6.45) is 7.97. The number of piperidine rings is 2. The van der Waals surface area contributed by atoms with E-state index in [0.717, 1.165) is 64.5 Å². The van der Waals surface area contributed by atoms with Crippen molar-refractivity contribution in [1.29, 1.82) is 0 Å². The van der Waals surface area contributed by atoms with Gasteiger partial charge in [0.1, 0.15) is 12.2 Å². The van der Waals surface area contributed by atoms with Crippen molar-refractivity contribution in [2.24, 2.45) is 0 Å². The van der Waals surface area contributed by atoms with Crippen molar-refractivity contribution in [3.05, 3.63) is 15.6 Å². The van der Waals surface area contributed by atoms with E-state index in [-0.39, 0.29) is 45.4 Å². The first-order valence-corrected chi connectivity index (χ1v) is 14.5. The summed E-state index contributed by atoms with van der Waals surface area (Å²) in [7, 11) is 0. The lowest BCUT2D eigenvalue weighted by Crippen LogP contribution is -2.65. The lowest BCUT2D eigenvalue weighted by atomic mass is 9.78. The van der Waals surface area contributed by atoms with Gasteiger partial charge in [0.05, 0.1) is 0 Å². The summed E-state index contributed by atoms with van der Waals surface area (Å²) in [5.74, 6) is 0.232. The maximum atomic E-state index is 13.9. The van der Waals surface area contributed by atoms with Crippen molar-refractivity contribution in [1.82, 2.24) is 15.2 Å². The first kappa shape index (κ1) is 29.2. The van der Waals surface area contributed by atoms with E-state index < -0.39 is 0 Å². The van der Waals surface area contributed by atoms with Crippen LogP contribution in [0.3, 0.4) is 0 Å². The molecule has 2 aliphatic heterocycles. The molecule has 2 saturated heterocycles. The second-order valence-corrected chi connectivity index (χ2v) is 14.4. The van der Waals surface area contributed by atoms with Gasteiger partial charge in [0, 0.05) is 54.0 Å². The van der Waals surface area contributed by atoms with Gasteiger partial charge in [0.2, 0.25) is 5.75 Å². The number of hydrogen-bond acceptors (Lipinski definition) is 5. The summed E-state index contributed by atoms with van der Waals surface area (Å²) in [4.78, 5) is 16.2. The molecule has 2 aliphatic rings. The Morgan fingerprint density at radius 1 is 0.833 bits per heavy atom. The van der Waals surface area contributed by atoms with Gasteiger partial charge in [-0.15, -0.1) is 0 Å². The molecule has 0 aliphatic carbocycles. The molecule has 0 amide bonds. The molecule has 1 aromatic carbocycles. The first-order chi connectivity index (χ1) is 16.5. The zero-order valence-corrected chi connectivity index (χ0v) is 25.0. The predicted octanol–water partition coefficient (Wildman–Crippen LogP) is 4.43. The molecule has 0 atom stereocenters. The Morgan fingerprint density at radius 2 is 1.31 bits per heavy atom. The standard InChI is InChI=1S/C30H54N4O2/c1-11-13-15-33(21-17-27(3,4)31-28(5,6)18-21)23-25(35)24(26(23)36)34(16-14-12-2)22-19-29(7,8)32-30(9,10)20-22/h21-22,31-32H,11-20H2,1-10H3/p+1. The Bertz CT molecular complexity index is 965.